The molecule has 3 rings (SSSR count). The van der Waals surface area contributed by atoms with E-state index in [9.17, 15) is 9.70 Å². The summed E-state index contributed by atoms with van der Waals surface area (Å²) in [5.41, 5.74) is 5.05. The maximum Gasteiger partial charge on any atom is 0.306 e. The molecule has 3 aromatic carbocycles. The summed E-state index contributed by atoms with van der Waals surface area (Å²) in [7, 11) is 3.35. The molecule has 0 aliphatic heterocycles. The van der Waals surface area contributed by atoms with Crippen molar-refractivity contribution < 1.29 is 14.3 Å². The van der Waals surface area contributed by atoms with Crippen LogP contribution in [0.15, 0.2) is 75.7 Å². The van der Waals surface area contributed by atoms with Crippen LogP contribution in [0.2, 0.25) is 0 Å². The number of ether oxygens (including phenoxy) is 2. The summed E-state index contributed by atoms with van der Waals surface area (Å²) in [6.07, 6.45) is 5.80. The van der Waals surface area contributed by atoms with Crippen LogP contribution < -0.4 is 28.5 Å². The molecule has 43 heavy (non-hydrogen) atoms. The molecule has 0 radical (unpaired) electrons. The SMILES string of the molecule is C=C(C)CN(Sc1ccc(CC)c(OC)c1)c1ccc(N(CC(=O)N=O)Sc2ccc(OC)c(CC)c2)c(=C/C)/c1=C\C. The Labute approximate surface area is 263 Å². The zero-order valence-corrected chi connectivity index (χ0v) is 27.7. The van der Waals surface area contributed by atoms with Crippen molar-refractivity contribution in [2.45, 2.75) is 57.3 Å². The lowest BCUT2D eigenvalue weighted by Gasteiger charge is -2.27. The van der Waals surface area contributed by atoms with E-state index in [2.05, 4.69) is 66.3 Å². The lowest BCUT2D eigenvalue weighted by Crippen LogP contribution is -2.37. The highest BCUT2D eigenvalue weighted by Crippen LogP contribution is 2.34. The Morgan fingerprint density at radius 2 is 1.35 bits per heavy atom. The predicted octanol–water partition coefficient (Wildman–Crippen LogP) is 7.33. The fraction of sp³-hybridized carbons (Fsp3) is 0.324. The minimum atomic E-state index is -0.742. The third-order valence-corrected chi connectivity index (χ3v) is 8.88. The molecule has 3 aromatic rings. The van der Waals surface area contributed by atoms with Crippen LogP contribution >= 0.6 is 23.9 Å². The fourth-order valence-electron chi connectivity index (χ4n) is 4.80. The molecule has 0 aliphatic rings. The van der Waals surface area contributed by atoms with Crippen LogP contribution in [0.4, 0.5) is 11.4 Å². The van der Waals surface area contributed by atoms with Crippen molar-refractivity contribution in [3.05, 3.63) is 87.2 Å². The normalized spacial score (nSPS) is 11.8. The maximum atomic E-state index is 12.4. The van der Waals surface area contributed by atoms with Crippen molar-refractivity contribution in [3.8, 4) is 11.5 Å². The molecule has 0 aromatic heterocycles. The van der Waals surface area contributed by atoms with Crippen molar-refractivity contribution in [2.24, 2.45) is 5.18 Å². The molecule has 0 fully saturated rings. The van der Waals surface area contributed by atoms with E-state index in [-0.39, 0.29) is 6.54 Å². The molecule has 9 heteroatoms. The van der Waals surface area contributed by atoms with E-state index in [1.807, 2.05) is 49.4 Å². The third-order valence-electron chi connectivity index (χ3n) is 6.85. The molecule has 0 atom stereocenters. The largest absolute Gasteiger partial charge is 0.496 e. The summed E-state index contributed by atoms with van der Waals surface area (Å²) in [6, 6.07) is 16.3. The maximum absolute atomic E-state index is 12.4. The van der Waals surface area contributed by atoms with Gasteiger partial charge >= 0.3 is 5.91 Å². The first kappa shape index (κ1) is 33.8. The van der Waals surface area contributed by atoms with Crippen LogP contribution in [0, 0.1) is 4.91 Å². The smallest absolute Gasteiger partial charge is 0.306 e. The number of hydrogen-bond donors (Lipinski definition) is 0. The first-order valence-electron chi connectivity index (χ1n) is 14.2. The highest BCUT2D eigenvalue weighted by molar-refractivity contribution is 8.01. The number of rotatable bonds is 14. The van der Waals surface area contributed by atoms with E-state index in [1.54, 1.807) is 26.2 Å². The lowest BCUT2D eigenvalue weighted by molar-refractivity contribution is -0.116. The van der Waals surface area contributed by atoms with E-state index < -0.39 is 5.91 Å². The molecule has 0 unspecified atom stereocenters. The number of carbonyl (C=O) groups is 1. The Hall–Kier alpha value is -3.69. The first-order chi connectivity index (χ1) is 20.7. The second-order valence-corrected chi connectivity index (χ2v) is 12.1. The minimum Gasteiger partial charge on any atom is -0.496 e. The van der Waals surface area contributed by atoms with Gasteiger partial charge in [0.25, 0.3) is 0 Å². The van der Waals surface area contributed by atoms with Crippen molar-refractivity contribution in [1.29, 1.82) is 0 Å². The minimum absolute atomic E-state index is 0.168. The predicted molar refractivity (Wildman–Crippen MR) is 183 cm³/mol. The molecule has 1 amide bonds. The zero-order valence-electron chi connectivity index (χ0n) is 26.1. The molecule has 0 saturated heterocycles. The van der Waals surface area contributed by atoms with Crippen LogP contribution in [0.1, 0.15) is 45.7 Å². The van der Waals surface area contributed by atoms with Gasteiger partial charge in [-0.3, -0.25) is 4.79 Å². The summed E-state index contributed by atoms with van der Waals surface area (Å²) in [5, 5.41) is 4.65. The second-order valence-electron chi connectivity index (χ2n) is 9.86. The van der Waals surface area contributed by atoms with Gasteiger partial charge in [0.2, 0.25) is 0 Å². The van der Waals surface area contributed by atoms with Crippen LogP contribution in [-0.4, -0.2) is 33.2 Å². The summed E-state index contributed by atoms with van der Waals surface area (Å²) in [5.74, 6) is 0.943. The molecule has 0 spiro atoms. The van der Waals surface area contributed by atoms with E-state index in [4.69, 9.17) is 9.47 Å². The number of methoxy groups -OCH3 is 2. The number of nitroso groups, excluding NO2 is 1. The average molecular weight is 620 g/mol. The Morgan fingerprint density at radius 1 is 0.814 bits per heavy atom. The number of carbonyl (C=O) groups excluding carboxylic acids is 1. The number of aryl methyl sites for hydroxylation is 2. The zero-order chi connectivity index (χ0) is 31.5. The van der Waals surface area contributed by atoms with Gasteiger partial charge in [-0.05, 0) is 111 Å². The number of hydrogen-bond acceptors (Lipinski definition) is 8. The Balaban J connectivity index is 2.13. The van der Waals surface area contributed by atoms with Gasteiger partial charge < -0.3 is 18.1 Å². The molecule has 0 heterocycles. The van der Waals surface area contributed by atoms with Gasteiger partial charge in [0.05, 0.1) is 32.1 Å². The monoisotopic (exact) mass is 619 g/mol. The average Bonchev–Trinajstić information content (AvgIpc) is 3.02. The molecule has 0 saturated carbocycles. The van der Waals surface area contributed by atoms with Crippen LogP contribution in [0.25, 0.3) is 12.2 Å². The number of anilines is 2. The lowest BCUT2D eigenvalue weighted by atomic mass is 10.1. The standard InChI is InChI=1S/C34H41N3O4S2/c1-9-24-13-14-27(20-33(24)41-8)43-36(21-23(5)6)30-16-17-31(29(12-4)28(30)11-3)37(22-34(38)35-39)42-26-15-18-32(40-7)25(10-2)19-26/h11-20H,5,9-10,21-22H2,1-4,6-8H3/b28-11+,29-12+. The molecular weight excluding hydrogens is 579 g/mol. The van der Waals surface area contributed by atoms with Crippen molar-refractivity contribution >= 4 is 53.3 Å². The van der Waals surface area contributed by atoms with Crippen molar-refractivity contribution in [3.63, 3.8) is 0 Å². The highest BCUT2D eigenvalue weighted by Gasteiger charge is 2.20. The summed E-state index contributed by atoms with van der Waals surface area (Å²) in [4.78, 5) is 25.5. The van der Waals surface area contributed by atoms with Crippen molar-refractivity contribution in [1.82, 2.24) is 0 Å². The summed E-state index contributed by atoms with van der Waals surface area (Å²) in [6.45, 7) is 14.8. The third kappa shape index (κ3) is 8.45. The van der Waals surface area contributed by atoms with Gasteiger partial charge in [-0.1, -0.05) is 44.2 Å². The Bertz CT molecular complexity index is 1590. The molecule has 228 valence electrons. The van der Waals surface area contributed by atoms with E-state index in [0.29, 0.717) is 6.54 Å². The Morgan fingerprint density at radius 3 is 1.84 bits per heavy atom. The molecule has 0 bridgehead atoms. The second kappa shape index (κ2) is 16.2. The number of nitrogens with zero attached hydrogens (tertiary/aromatic N) is 3. The van der Waals surface area contributed by atoms with Crippen LogP contribution in [-0.2, 0) is 17.6 Å². The van der Waals surface area contributed by atoms with Gasteiger partial charge in [-0.25, -0.2) is 0 Å². The topological polar surface area (TPSA) is 71.4 Å². The molecule has 7 nitrogen and oxygen atoms in total. The van der Waals surface area contributed by atoms with E-state index >= 15 is 0 Å². The van der Waals surface area contributed by atoms with Crippen LogP contribution in [0.5, 0.6) is 11.5 Å². The highest BCUT2D eigenvalue weighted by atomic mass is 32.2. The number of amides is 1. The van der Waals surface area contributed by atoms with Gasteiger partial charge in [0, 0.05) is 25.4 Å². The van der Waals surface area contributed by atoms with Crippen molar-refractivity contribution in [2.75, 3.05) is 35.9 Å². The molecule has 0 aliphatic carbocycles. The van der Waals surface area contributed by atoms with Gasteiger partial charge in [-0.2, -0.15) is 0 Å². The number of benzene rings is 3. The molecule has 0 N–H and O–H groups in total. The van der Waals surface area contributed by atoms with E-state index in [0.717, 1.165) is 72.6 Å². The van der Waals surface area contributed by atoms with Gasteiger partial charge in [-0.15, -0.1) is 4.91 Å². The fourth-order valence-corrected chi connectivity index (χ4v) is 6.90. The van der Waals surface area contributed by atoms with Gasteiger partial charge in [0.1, 0.15) is 18.0 Å². The van der Waals surface area contributed by atoms with Gasteiger partial charge in [0.15, 0.2) is 0 Å². The molecular formula is C34H41N3O4S2. The summed E-state index contributed by atoms with van der Waals surface area (Å²) < 4.78 is 15.2. The van der Waals surface area contributed by atoms with E-state index in [1.165, 1.54) is 11.9 Å². The Kier molecular flexibility index (Phi) is 12.8. The summed E-state index contributed by atoms with van der Waals surface area (Å²) >= 11 is 3.02. The quantitative estimate of drug-likeness (QED) is 0.106. The first-order valence-corrected chi connectivity index (χ1v) is 15.8. The van der Waals surface area contributed by atoms with Crippen LogP contribution in [0.3, 0.4) is 0 Å².